The maximum Gasteiger partial charge on any atom is 0.322 e. The lowest BCUT2D eigenvalue weighted by molar-refractivity contribution is -0.139. The number of benzene rings is 3. The first kappa shape index (κ1) is 16.7. The van der Waals surface area contributed by atoms with E-state index in [9.17, 15) is 9.90 Å². The molecule has 0 aromatic heterocycles. The number of anilines is 2. The van der Waals surface area contributed by atoms with Crippen LogP contribution in [0.4, 0.5) is 11.4 Å². The van der Waals surface area contributed by atoms with E-state index < -0.39 is 12.0 Å². The highest BCUT2D eigenvalue weighted by molar-refractivity contribution is 5.75. The van der Waals surface area contributed by atoms with Crippen LogP contribution in [0.15, 0.2) is 91.0 Å². The van der Waals surface area contributed by atoms with Gasteiger partial charge in [0.15, 0.2) is 0 Å². The van der Waals surface area contributed by atoms with E-state index in [1.807, 2.05) is 96.0 Å². The summed E-state index contributed by atoms with van der Waals surface area (Å²) in [7, 11) is 0. The summed E-state index contributed by atoms with van der Waals surface area (Å²) in [6, 6.07) is 28.3. The van der Waals surface area contributed by atoms with Gasteiger partial charge < -0.3 is 5.11 Å². The van der Waals surface area contributed by atoms with Crippen LogP contribution in [0, 0.1) is 0 Å². The first-order valence-electron chi connectivity index (χ1n) is 8.17. The van der Waals surface area contributed by atoms with Gasteiger partial charge in [-0.2, -0.15) is 0 Å². The summed E-state index contributed by atoms with van der Waals surface area (Å²) in [4.78, 5) is 11.8. The topological polar surface area (TPSA) is 52.6 Å². The van der Waals surface area contributed by atoms with E-state index in [-0.39, 0.29) is 0 Å². The van der Waals surface area contributed by atoms with Crippen LogP contribution in [0.1, 0.15) is 5.56 Å². The minimum absolute atomic E-state index is 0.395. The van der Waals surface area contributed by atoms with Crippen molar-refractivity contribution in [3.63, 3.8) is 0 Å². The van der Waals surface area contributed by atoms with Crippen LogP contribution in [0.2, 0.25) is 0 Å². The van der Waals surface area contributed by atoms with Crippen molar-refractivity contribution in [2.45, 2.75) is 12.5 Å². The largest absolute Gasteiger partial charge is 0.480 e. The van der Waals surface area contributed by atoms with Gasteiger partial charge in [0.2, 0.25) is 0 Å². The number of hydrogen-bond acceptors (Lipinski definition) is 3. The summed E-state index contributed by atoms with van der Waals surface area (Å²) >= 11 is 0. The molecule has 1 atom stereocenters. The average Bonchev–Trinajstić information content (AvgIpc) is 2.67. The Kier molecular flexibility index (Phi) is 5.44. The quantitative estimate of drug-likeness (QED) is 0.642. The molecule has 0 bridgehead atoms. The Bertz CT molecular complexity index is 752. The number of carbonyl (C=O) groups is 1. The lowest BCUT2D eigenvalue weighted by atomic mass is 10.1. The molecule has 0 aliphatic carbocycles. The number of hydrogen-bond donors (Lipinski definition) is 2. The Labute approximate surface area is 147 Å². The molecule has 0 aliphatic rings. The Hall–Kier alpha value is -3.11. The van der Waals surface area contributed by atoms with Crippen LogP contribution in [0.25, 0.3) is 0 Å². The monoisotopic (exact) mass is 332 g/mol. The highest BCUT2D eigenvalue weighted by Gasteiger charge is 2.22. The van der Waals surface area contributed by atoms with Gasteiger partial charge >= 0.3 is 5.97 Å². The Morgan fingerprint density at radius 2 is 1.24 bits per heavy atom. The zero-order valence-electron chi connectivity index (χ0n) is 13.7. The van der Waals surface area contributed by atoms with E-state index in [1.165, 1.54) is 0 Å². The molecule has 126 valence electrons. The second-order valence-electron chi connectivity index (χ2n) is 5.72. The van der Waals surface area contributed by atoms with Crippen molar-refractivity contribution in [1.82, 2.24) is 5.43 Å². The van der Waals surface area contributed by atoms with Crippen molar-refractivity contribution in [3.05, 3.63) is 96.6 Å². The fourth-order valence-electron chi connectivity index (χ4n) is 2.65. The van der Waals surface area contributed by atoms with Crippen LogP contribution in [-0.2, 0) is 11.2 Å². The van der Waals surface area contributed by atoms with E-state index in [4.69, 9.17) is 0 Å². The fraction of sp³-hybridized carbons (Fsp3) is 0.0952. The molecule has 0 amide bonds. The molecule has 0 saturated carbocycles. The number of carboxylic acids is 1. The van der Waals surface area contributed by atoms with Crippen molar-refractivity contribution in [2.75, 3.05) is 5.01 Å². The van der Waals surface area contributed by atoms with Crippen molar-refractivity contribution in [1.29, 1.82) is 0 Å². The predicted molar refractivity (Wildman–Crippen MR) is 99.7 cm³/mol. The van der Waals surface area contributed by atoms with Gasteiger partial charge in [0, 0.05) is 6.42 Å². The van der Waals surface area contributed by atoms with E-state index in [2.05, 4.69) is 5.43 Å². The molecule has 0 spiro atoms. The molecule has 0 saturated heterocycles. The van der Waals surface area contributed by atoms with Crippen molar-refractivity contribution >= 4 is 17.3 Å². The van der Waals surface area contributed by atoms with Crippen LogP contribution in [-0.4, -0.2) is 17.1 Å². The normalized spacial score (nSPS) is 11.7. The molecule has 2 N–H and O–H groups in total. The summed E-state index contributed by atoms with van der Waals surface area (Å²) in [6.07, 6.45) is 0.395. The molecule has 4 heteroatoms. The summed E-state index contributed by atoms with van der Waals surface area (Å²) in [5, 5.41) is 11.5. The minimum Gasteiger partial charge on any atom is -0.480 e. The standard InChI is InChI=1S/C21H20N2O2/c24-21(25)20(16-17-10-4-1-5-11-17)22-23(18-12-6-2-7-13-18)19-14-8-3-9-15-19/h1-15,20,22H,16H2,(H,24,25). The third-order valence-electron chi connectivity index (χ3n) is 3.89. The molecule has 3 aromatic carbocycles. The maximum atomic E-state index is 11.8. The van der Waals surface area contributed by atoms with Crippen molar-refractivity contribution in [3.8, 4) is 0 Å². The fourth-order valence-corrected chi connectivity index (χ4v) is 2.65. The number of nitrogens with one attached hydrogen (secondary N) is 1. The van der Waals surface area contributed by atoms with Gasteiger partial charge in [-0.25, -0.2) is 5.43 Å². The van der Waals surface area contributed by atoms with E-state index in [0.29, 0.717) is 6.42 Å². The van der Waals surface area contributed by atoms with E-state index in [0.717, 1.165) is 16.9 Å². The number of para-hydroxylation sites is 2. The number of nitrogens with zero attached hydrogens (tertiary/aromatic N) is 1. The molecule has 3 rings (SSSR count). The highest BCUT2D eigenvalue weighted by Crippen LogP contribution is 2.23. The second-order valence-corrected chi connectivity index (χ2v) is 5.72. The number of aliphatic carboxylic acids is 1. The highest BCUT2D eigenvalue weighted by atomic mass is 16.4. The van der Waals surface area contributed by atoms with Gasteiger partial charge in [-0.05, 0) is 29.8 Å². The molecular weight excluding hydrogens is 312 g/mol. The third-order valence-corrected chi connectivity index (χ3v) is 3.89. The maximum absolute atomic E-state index is 11.8. The zero-order valence-corrected chi connectivity index (χ0v) is 13.7. The van der Waals surface area contributed by atoms with Gasteiger partial charge in [-0.15, -0.1) is 0 Å². The first-order valence-corrected chi connectivity index (χ1v) is 8.17. The molecule has 3 aromatic rings. The predicted octanol–water partition coefficient (Wildman–Crippen LogP) is 4.03. The van der Waals surface area contributed by atoms with Crippen LogP contribution in [0.5, 0.6) is 0 Å². The molecule has 0 radical (unpaired) electrons. The van der Waals surface area contributed by atoms with Crippen LogP contribution >= 0.6 is 0 Å². The van der Waals surface area contributed by atoms with E-state index >= 15 is 0 Å². The summed E-state index contributed by atoms with van der Waals surface area (Å²) in [5.41, 5.74) is 5.91. The smallest absolute Gasteiger partial charge is 0.322 e. The van der Waals surface area contributed by atoms with Gasteiger partial charge in [0.05, 0.1) is 11.4 Å². The Morgan fingerprint density at radius 3 is 1.68 bits per heavy atom. The lowest BCUT2D eigenvalue weighted by Gasteiger charge is -2.29. The van der Waals surface area contributed by atoms with Gasteiger partial charge in [0.1, 0.15) is 6.04 Å². The average molecular weight is 332 g/mol. The molecule has 25 heavy (non-hydrogen) atoms. The number of rotatable bonds is 7. The van der Waals surface area contributed by atoms with Crippen molar-refractivity contribution in [2.24, 2.45) is 0 Å². The first-order chi connectivity index (χ1) is 12.2. The molecule has 0 heterocycles. The van der Waals surface area contributed by atoms with E-state index in [1.54, 1.807) is 0 Å². The molecular formula is C21H20N2O2. The van der Waals surface area contributed by atoms with Crippen LogP contribution < -0.4 is 10.4 Å². The van der Waals surface area contributed by atoms with Crippen molar-refractivity contribution < 1.29 is 9.90 Å². The second kappa shape index (κ2) is 8.13. The minimum atomic E-state index is -0.888. The Morgan fingerprint density at radius 1 is 0.800 bits per heavy atom. The third kappa shape index (κ3) is 4.46. The van der Waals surface area contributed by atoms with Gasteiger partial charge in [0.25, 0.3) is 0 Å². The molecule has 1 unspecified atom stereocenters. The molecule has 0 aliphatic heterocycles. The van der Waals surface area contributed by atoms with Gasteiger partial charge in [-0.3, -0.25) is 9.80 Å². The van der Waals surface area contributed by atoms with Crippen LogP contribution in [0.3, 0.4) is 0 Å². The number of carboxylic acid groups (broad SMARTS) is 1. The number of hydrazine groups is 1. The summed E-state index contributed by atoms with van der Waals surface area (Å²) in [6.45, 7) is 0. The molecule has 4 nitrogen and oxygen atoms in total. The summed E-state index contributed by atoms with van der Waals surface area (Å²) in [5.74, 6) is -0.888. The zero-order chi connectivity index (χ0) is 17.5. The molecule has 0 fully saturated rings. The van der Waals surface area contributed by atoms with Gasteiger partial charge in [-0.1, -0.05) is 66.7 Å². The lowest BCUT2D eigenvalue weighted by Crippen LogP contribution is -2.47. The Balaban J connectivity index is 1.88. The SMILES string of the molecule is O=C(O)C(Cc1ccccc1)NN(c1ccccc1)c1ccccc1. The summed E-state index contributed by atoms with van der Waals surface area (Å²) < 4.78 is 0.